The van der Waals surface area contributed by atoms with Crippen LogP contribution in [-0.2, 0) is 0 Å². The van der Waals surface area contributed by atoms with Gasteiger partial charge in [-0.3, -0.25) is 4.99 Å². The van der Waals surface area contributed by atoms with E-state index in [0.717, 1.165) is 0 Å². The van der Waals surface area contributed by atoms with Gasteiger partial charge >= 0.3 is 0 Å². The summed E-state index contributed by atoms with van der Waals surface area (Å²) in [5, 5.41) is 18.0. The number of hydrogen-bond donors (Lipinski definition) is 2. The zero-order valence-electron chi connectivity index (χ0n) is 7.51. The number of phenolic OH excluding ortho intramolecular Hbond substituents is 1. The fourth-order valence-electron chi connectivity index (χ4n) is 0.851. The number of aliphatic hydroxyl groups is 1. The van der Waals surface area contributed by atoms with E-state index in [4.69, 9.17) is 5.11 Å². The molecule has 2 N–H and O–H groups in total. The first-order valence-corrected chi connectivity index (χ1v) is 4.16. The van der Waals surface area contributed by atoms with E-state index >= 15 is 0 Å². The Kier molecular flexibility index (Phi) is 3.46. The minimum atomic E-state index is -0.125. The van der Waals surface area contributed by atoms with E-state index in [2.05, 4.69) is 4.99 Å². The molecule has 1 aromatic rings. The molecule has 0 spiro atoms. The number of nitrogens with zero attached hydrogens (tertiary/aromatic N) is 1. The van der Waals surface area contributed by atoms with Crippen LogP contribution in [0, 0.1) is 0 Å². The fourth-order valence-corrected chi connectivity index (χ4v) is 0.851. The molecule has 3 nitrogen and oxygen atoms in total. The highest BCUT2D eigenvalue weighted by atomic mass is 16.3. The highest BCUT2D eigenvalue weighted by Gasteiger charge is 1.96. The molecule has 0 aromatic heterocycles. The zero-order valence-corrected chi connectivity index (χ0v) is 7.51. The molecule has 0 heterocycles. The van der Waals surface area contributed by atoms with E-state index in [9.17, 15) is 5.11 Å². The van der Waals surface area contributed by atoms with Crippen molar-refractivity contribution in [2.45, 2.75) is 13.0 Å². The molecule has 13 heavy (non-hydrogen) atoms. The number of aromatic hydroxyl groups is 1. The van der Waals surface area contributed by atoms with Gasteiger partial charge in [-0.15, -0.1) is 0 Å². The summed E-state index contributed by atoms with van der Waals surface area (Å²) in [6, 6.07) is 6.82. The van der Waals surface area contributed by atoms with Gasteiger partial charge in [0.05, 0.1) is 12.6 Å². The maximum atomic E-state index is 9.34. The van der Waals surface area contributed by atoms with Gasteiger partial charge in [-0.1, -0.05) is 12.1 Å². The SMILES string of the molecule is CC(CO)/N=C/c1ccccc1O. The standard InChI is InChI=1S/C10H13NO2/c1-8(7-12)11-6-9-4-2-3-5-10(9)13/h2-6,8,12-13H,7H2,1H3/b11-6+. The van der Waals surface area contributed by atoms with Crippen LogP contribution in [0.3, 0.4) is 0 Å². The summed E-state index contributed by atoms with van der Waals surface area (Å²) in [4.78, 5) is 4.04. The van der Waals surface area contributed by atoms with Crippen molar-refractivity contribution in [1.29, 1.82) is 0 Å². The van der Waals surface area contributed by atoms with Crippen molar-refractivity contribution in [3.8, 4) is 5.75 Å². The van der Waals surface area contributed by atoms with E-state index in [1.54, 1.807) is 31.3 Å². The Balaban J connectivity index is 2.74. The summed E-state index contributed by atoms with van der Waals surface area (Å²) in [6.45, 7) is 1.82. The molecular formula is C10H13NO2. The van der Waals surface area contributed by atoms with Crippen LogP contribution in [-0.4, -0.2) is 29.1 Å². The van der Waals surface area contributed by atoms with Crippen LogP contribution in [0.5, 0.6) is 5.75 Å². The second-order valence-electron chi connectivity index (χ2n) is 2.87. The molecule has 0 bridgehead atoms. The third kappa shape index (κ3) is 2.87. The number of rotatable bonds is 3. The molecule has 0 aliphatic carbocycles. The third-order valence-corrected chi connectivity index (χ3v) is 1.67. The Labute approximate surface area is 77.4 Å². The third-order valence-electron chi connectivity index (χ3n) is 1.67. The summed E-state index contributed by atoms with van der Waals surface area (Å²) in [5.74, 6) is 0.205. The van der Waals surface area contributed by atoms with Crippen molar-refractivity contribution in [2.75, 3.05) is 6.61 Å². The van der Waals surface area contributed by atoms with E-state index in [1.807, 2.05) is 6.07 Å². The first kappa shape index (κ1) is 9.74. The van der Waals surface area contributed by atoms with E-state index in [-0.39, 0.29) is 18.4 Å². The summed E-state index contributed by atoms with van der Waals surface area (Å²) in [5.41, 5.74) is 0.669. The second kappa shape index (κ2) is 4.62. The number of aliphatic hydroxyl groups excluding tert-OH is 1. The van der Waals surface area contributed by atoms with Gasteiger partial charge in [0.25, 0.3) is 0 Å². The molecule has 1 unspecified atom stereocenters. The summed E-state index contributed by atoms with van der Waals surface area (Å²) in [6.07, 6.45) is 1.57. The van der Waals surface area contributed by atoms with Crippen LogP contribution in [0.15, 0.2) is 29.3 Å². The molecule has 0 aliphatic heterocycles. The molecule has 0 amide bonds. The Bertz CT molecular complexity index is 297. The molecule has 70 valence electrons. The minimum Gasteiger partial charge on any atom is -0.507 e. The van der Waals surface area contributed by atoms with Crippen molar-refractivity contribution in [1.82, 2.24) is 0 Å². The van der Waals surface area contributed by atoms with Crippen LogP contribution >= 0.6 is 0 Å². The quantitative estimate of drug-likeness (QED) is 0.685. The van der Waals surface area contributed by atoms with Crippen LogP contribution in [0.2, 0.25) is 0 Å². The van der Waals surface area contributed by atoms with Crippen LogP contribution < -0.4 is 0 Å². The maximum absolute atomic E-state index is 9.34. The fraction of sp³-hybridized carbons (Fsp3) is 0.300. The van der Waals surface area contributed by atoms with E-state index in [1.165, 1.54) is 0 Å². The molecule has 1 aromatic carbocycles. The summed E-state index contributed by atoms with van der Waals surface area (Å²) < 4.78 is 0. The molecule has 1 atom stereocenters. The molecule has 0 aliphatic rings. The normalized spacial score (nSPS) is 13.4. The lowest BCUT2D eigenvalue weighted by atomic mass is 10.2. The van der Waals surface area contributed by atoms with Gasteiger partial charge in [0, 0.05) is 11.8 Å². The van der Waals surface area contributed by atoms with Gasteiger partial charge in [-0.25, -0.2) is 0 Å². The summed E-state index contributed by atoms with van der Waals surface area (Å²) >= 11 is 0. The van der Waals surface area contributed by atoms with Crippen molar-refractivity contribution in [2.24, 2.45) is 4.99 Å². The van der Waals surface area contributed by atoms with Crippen molar-refractivity contribution in [3.63, 3.8) is 0 Å². The lowest BCUT2D eigenvalue weighted by molar-refractivity contribution is 0.275. The minimum absolute atomic E-state index is 0.0180. The number of phenols is 1. The Morgan fingerprint density at radius 2 is 2.15 bits per heavy atom. The van der Waals surface area contributed by atoms with Gasteiger partial charge in [-0.2, -0.15) is 0 Å². The van der Waals surface area contributed by atoms with Crippen molar-refractivity contribution < 1.29 is 10.2 Å². The van der Waals surface area contributed by atoms with Crippen molar-refractivity contribution in [3.05, 3.63) is 29.8 Å². The van der Waals surface area contributed by atoms with E-state index in [0.29, 0.717) is 5.56 Å². The van der Waals surface area contributed by atoms with Gasteiger partial charge in [0.2, 0.25) is 0 Å². The average molecular weight is 179 g/mol. The van der Waals surface area contributed by atoms with Gasteiger partial charge < -0.3 is 10.2 Å². The molecule has 0 saturated carbocycles. The largest absolute Gasteiger partial charge is 0.507 e. The molecular weight excluding hydrogens is 166 g/mol. The lowest BCUT2D eigenvalue weighted by Gasteiger charge is -2.00. The first-order chi connectivity index (χ1) is 6.24. The molecule has 0 radical (unpaired) electrons. The van der Waals surface area contributed by atoms with Crippen molar-refractivity contribution >= 4 is 6.21 Å². The Morgan fingerprint density at radius 1 is 1.46 bits per heavy atom. The topological polar surface area (TPSA) is 52.8 Å². The zero-order chi connectivity index (χ0) is 9.68. The second-order valence-corrected chi connectivity index (χ2v) is 2.87. The summed E-state index contributed by atoms with van der Waals surface area (Å²) in [7, 11) is 0. The van der Waals surface area contributed by atoms with Gasteiger partial charge in [0.1, 0.15) is 5.75 Å². The van der Waals surface area contributed by atoms with Gasteiger partial charge in [-0.05, 0) is 19.1 Å². The van der Waals surface area contributed by atoms with Gasteiger partial charge in [0.15, 0.2) is 0 Å². The van der Waals surface area contributed by atoms with Crippen LogP contribution in [0.4, 0.5) is 0 Å². The number of hydrogen-bond acceptors (Lipinski definition) is 3. The first-order valence-electron chi connectivity index (χ1n) is 4.16. The number of benzene rings is 1. The highest BCUT2D eigenvalue weighted by molar-refractivity contribution is 5.83. The average Bonchev–Trinajstić information content (AvgIpc) is 2.16. The van der Waals surface area contributed by atoms with E-state index < -0.39 is 0 Å². The molecule has 0 saturated heterocycles. The molecule has 0 fully saturated rings. The maximum Gasteiger partial charge on any atom is 0.124 e. The Morgan fingerprint density at radius 3 is 2.77 bits per heavy atom. The van der Waals surface area contributed by atoms with Crippen LogP contribution in [0.25, 0.3) is 0 Å². The lowest BCUT2D eigenvalue weighted by Crippen LogP contribution is -2.03. The van der Waals surface area contributed by atoms with Crippen LogP contribution in [0.1, 0.15) is 12.5 Å². The predicted molar refractivity (Wildman–Crippen MR) is 52.2 cm³/mol. The monoisotopic (exact) mass is 179 g/mol. The molecule has 1 rings (SSSR count). The Hall–Kier alpha value is -1.35. The predicted octanol–water partition coefficient (Wildman–Crippen LogP) is 1.19. The number of para-hydroxylation sites is 1. The molecule has 3 heteroatoms. The highest BCUT2D eigenvalue weighted by Crippen LogP contribution is 2.12. The smallest absolute Gasteiger partial charge is 0.124 e. The number of aliphatic imine (C=N–C) groups is 1.